The average molecular weight is 329 g/mol. The van der Waals surface area contributed by atoms with Crippen LogP contribution in [0.2, 0.25) is 0 Å². The number of nitrogens with zero attached hydrogens (tertiary/aromatic N) is 1. The molecule has 0 spiro atoms. The van der Waals surface area contributed by atoms with Crippen molar-refractivity contribution in [2.75, 3.05) is 7.11 Å². The van der Waals surface area contributed by atoms with Crippen LogP contribution in [0.25, 0.3) is 11.0 Å². The van der Waals surface area contributed by atoms with E-state index in [0.717, 1.165) is 0 Å². The largest absolute Gasteiger partial charge is 0.497 e. The molecule has 124 valence electrons. The first kappa shape index (κ1) is 15.8. The van der Waals surface area contributed by atoms with Gasteiger partial charge in [-0.25, -0.2) is 4.79 Å². The normalized spacial score (nSPS) is 10.8. The average Bonchev–Trinajstić information content (AvgIpc) is 2.92. The zero-order valence-corrected chi connectivity index (χ0v) is 13.4. The fourth-order valence-corrected chi connectivity index (χ4v) is 2.37. The molecular weight excluding hydrogens is 314 g/mol. The van der Waals surface area contributed by atoms with Gasteiger partial charge >= 0.3 is 5.97 Å². The van der Waals surface area contributed by atoms with E-state index in [-0.39, 0.29) is 23.2 Å². The van der Waals surface area contributed by atoms with Crippen LogP contribution >= 0.6 is 0 Å². The van der Waals surface area contributed by atoms with Gasteiger partial charge in [-0.2, -0.15) is 0 Å². The van der Waals surface area contributed by atoms with Crippen molar-refractivity contribution >= 4 is 16.9 Å². The van der Waals surface area contributed by atoms with Crippen LogP contribution in [0.3, 0.4) is 0 Å². The molecule has 3 rings (SSSR count). The fourth-order valence-electron chi connectivity index (χ4n) is 2.37. The lowest BCUT2D eigenvalue weighted by atomic mass is 10.1. The van der Waals surface area contributed by atoms with Crippen molar-refractivity contribution in [3.05, 3.63) is 57.3 Å². The summed E-state index contributed by atoms with van der Waals surface area (Å²) in [6.45, 7) is 3.05. The predicted molar refractivity (Wildman–Crippen MR) is 84.1 cm³/mol. The summed E-state index contributed by atoms with van der Waals surface area (Å²) < 4.78 is 20.6. The number of aryl methyl sites for hydroxylation is 2. The lowest BCUT2D eigenvalue weighted by molar-refractivity contribution is 0.0467. The molecule has 2 aromatic heterocycles. The van der Waals surface area contributed by atoms with E-state index in [9.17, 15) is 9.59 Å². The molecule has 0 saturated heterocycles. The van der Waals surface area contributed by atoms with Crippen LogP contribution in [0.5, 0.6) is 5.75 Å². The molecule has 1 aromatic carbocycles. The molecule has 24 heavy (non-hydrogen) atoms. The number of fused-ring (bicyclic) bond motifs is 1. The number of carbonyl (C=O) groups excluding carboxylic acids is 1. The van der Waals surface area contributed by atoms with Crippen LogP contribution in [0.15, 0.2) is 38.2 Å². The molecule has 7 heteroatoms. The van der Waals surface area contributed by atoms with E-state index in [2.05, 4.69) is 5.16 Å². The minimum absolute atomic E-state index is 0.210. The van der Waals surface area contributed by atoms with Crippen molar-refractivity contribution in [1.29, 1.82) is 0 Å². The Morgan fingerprint density at radius 3 is 2.75 bits per heavy atom. The topological polar surface area (TPSA) is 91.8 Å². The Labute approximate surface area is 136 Å². The van der Waals surface area contributed by atoms with Crippen LogP contribution in [0, 0.1) is 13.8 Å². The summed E-state index contributed by atoms with van der Waals surface area (Å²) in [7, 11) is 1.51. The second-order valence-electron chi connectivity index (χ2n) is 5.23. The standard InChI is InChI=1S/C17H15NO6/c1-9-15(10(2)24-18-9)17(20)23-8-11-7-22-14-5-4-12(21-3)6-13(14)16(11)19/h4-7H,8H2,1-3H3. The summed E-state index contributed by atoms with van der Waals surface area (Å²) in [5, 5.41) is 4.06. The number of ether oxygens (including phenoxy) is 2. The maximum atomic E-state index is 12.5. The molecule has 0 amide bonds. The molecule has 0 fully saturated rings. The molecule has 0 aliphatic carbocycles. The summed E-state index contributed by atoms with van der Waals surface area (Å²) in [5.74, 6) is 0.309. The zero-order chi connectivity index (χ0) is 17.3. The third-order valence-electron chi connectivity index (χ3n) is 3.65. The molecule has 0 atom stereocenters. The molecule has 0 aliphatic heterocycles. The highest BCUT2D eigenvalue weighted by atomic mass is 16.5. The van der Waals surface area contributed by atoms with Crippen molar-refractivity contribution < 1.29 is 23.2 Å². The monoisotopic (exact) mass is 329 g/mol. The summed E-state index contributed by atoms with van der Waals surface area (Å²) in [6, 6.07) is 4.93. The van der Waals surface area contributed by atoms with E-state index in [1.807, 2.05) is 0 Å². The number of benzene rings is 1. The SMILES string of the molecule is COc1ccc2occ(COC(=O)c3c(C)noc3C)c(=O)c2c1. The van der Waals surface area contributed by atoms with Gasteiger partial charge in [0.05, 0.1) is 23.8 Å². The Morgan fingerprint density at radius 2 is 2.08 bits per heavy atom. The van der Waals surface area contributed by atoms with Crippen molar-refractivity contribution in [3.63, 3.8) is 0 Å². The maximum absolute atomic E-state index is 12.5. The van der Waals surface area contributed by atoms with Crippen molar-refractivity contribution in [3.8, 4) is 5.75 Å². The Hall–Kier alpha value is -3.09. The Kier molecular flexibility index (Phi) is 4.07. The predicted octanol–water partition coefficient (Wildman–Crippen LogP) is 2.76. The van der Waals surface area contributed by atoms with E-state index in [0.29, 0.717) is 28.2 Å². The van der Waals surface area contributed by atoms with Crippen LogP contribution in [-0.4, -0.2) is 18.2 Å². The summed E-state index contributed by atoms with van der Waals surface area (Å²) in [4.78, 5) is 24.6. The van der Waals surface area contributed by atoms with Gasteiger partial charge in [-0.15, -0.1) is 0 Å². The lowest BCUT2D eigenvalue weighted by Gasteiger charge is -2.06. The number of methoxy groups -OCH3 is 1. The highest BCUT2D eigenvalue weighted by Crippen LogP contribution is 2.19. The molecule has 0 aliphatic rings. The van der Waals surface area contributed by atoms with Crippen LogP contribution in [-0.2, 0) is 11.3 Å². The molecular formula is C17H15NO6. The fraction of sp³-hybridized carbons (Fsp3) is 0.235. The number of carbonyl (C=O) groups is 1. The van der Waals surface area contributed by atoms with Gasteiger partial charge < -0.3 is 18.4 Å². The summed E-state index contributed by atoms with van der Waals surface area (Å²) in [6.07, 6.45) is 1.29. The van der Waals surface area contributed by atoms with Gasteiger partial charge in [0, 0.05) is 0 Å². The van der Waals surface area contributed by atoms with E-state index in [1.165, 1.54) is 13.4 Å². The highest BCUT2D eigenvalue weighted by molar-refractivity contribution is 5.91. The second kappa shape index (κ2) is 6.19. The third-order valence-corrected chi connectivity index (χ3v) is 3.65. The van der Waals surface area contributed by atoms with Gasteiger partial charge in [0.25, 0.3) is 0 Å². The molecule has 0 bridgehead atoms. The number of rotatable bonds is 4. The maximum Gasteiger partial charge on any atom is 0.344 e. The van der Waals surface area contributed by atoms with Gasteiger partial charge in [-0.05, 0) is 32.0 Å². The Bertz CT molecular complexity index is 949. The van der Waals surface area contributed by atoms with E-state index in [1.54, 1.807) is 32.0 Å². The Balaban J connectivity index is 1.87. The highest BCUT2D eigenvalue weighted by Gasteiger charge is 2.19. The summed E-state index contributed by atoms with van der Waals surface area (Å²) in [5.41, 5.74) is 1.09. The van der Waals surface area contributed by atoms with Crippen molar-refractivity contribution in [1.82, 2.24) is 5.16 Å². The molecule has 3 aromatic rings. The van der Waals surface area contributed by atoms with Crippen LogP contribution < -0.4 is 10.2 Å². The first-order valence-corrected chi connectivity index (χ1v) is 7.19. The van der Waals surface area contributed by atoms with Gasteiger partial charge in [-0.1, -0.05) is 5.16 Å². The summed E-state index contributed by atoms with van der Waals surface area (Å²) >= 11 is 0. The number of aromatic nitrogens is 1. The first-order valence-electron chi connectivity index (χ1n) is 7.19. The smallest absolute Gasteiger partial charge is 0.344 e. The molecule has 0 N–H and O–H groups in total. The number of esters is 1. The zero-order valence-electron chi connectivity index (χ0n) is 13.4. The molecule has 0 unspecified atom stereocenters. The van der Waals surface area contributed by atoms with E-state index in [4.69, 9.17) is 18.4 Å². The lowest BCUT2D eigenvalue weighted by Crippen LogP contribution is -2.14. The van der Waals surface area contributed by atoms with Crippen molar-refractivity contribution in [2.24, 2.45) is 0 Å². The van der Waals surface area contributed by atoms with Gasteiger partial charge in [-0.3, -0.25) is 4.79 Å². The van der Waals surface area contributed by atoms with Crippen LogP contribution in [0.1, 0.15) is 27.4 Å². The van der Waals surface area contributed by atoms with Crippen molar-refractivity contribution in [2.45, 2.75) is 20.5 Å². The Morgan fingerprint density at radius 1 is 1.29 bits per heavy atom. The van der Waals surface area contributed by atoms with Gasteiger partial charge in [0.1, 0.15) is 35.5 Å². The van der Waals surface area contributed by atoms with E-state index < -0.39 is 5.97 Å². The molecule has 2 heterocycles. The number of hydrogen-bond acceptors (Lipinski definition) is 7. The third kappa shape index (κ3) is 2.76. The second-order valence-corrected chi connectivity index (χ2v) is 5.23. The van der Waals surface area contributed by atoms with Gasteiger partial charge in [0.15, 0.2) is 5.43 Å². The minimum Gasteiger partial charge on any atom is -0.497 e. The molecule has 0 saturated carbocycles. The quantitative estimate of drug-likeness (QED) is 0.680. The molecule has 7 nitrogen and oxygen atoms in total. The molecule has 0 radical (unpaired) electrons. The van der Waals surface area contributed by atoms with Crippen LogP contribution in [0.4, 0.5) is 0 Å². The number of hydrogen-bond donors (Lipinski definition) is 0. The minimum atomic E-state index is -0.601. The van der Waals surface area contributed by atoms with Gasteiger partial charge in [0.2, 0.25) is 0 Å². The van der Waals surface area contributed by atoms with E-state index >= 15 is 0 Å². The first-order chi connectivity index (χ1) is 11.5.